The zero-order valence-electron chi connectivity index (χ0n) is 14.1. The number of rotatable bonds is 4. The minimum atomic E-state index is 0.520. The Kier molecular flexibility index (Phi) is 4.34. The molecule has 0 unspecified atom stereocenters. The predicted octanol–water partition coefficient (Wildman–Crippen LogP) is 3.36. The maximum atomic E-state index is 9.82. The number of anilines is 3. The Balaban J connectivity index is 2.14. The van der Waals surface area contributed by atoms with Crippen LogP contribution in [0.1, 0.15) is 25.1 Å². The largest absolute Gasteiger partial charge is 0.354 e. The van der Waals surface area contributed by atoms with Crippen LogP contribution >= 0.6 is 0 Å². The molecule has 2 N–H and O–H groups in total. The number of allylic oxidation sites excluding steroid dienone is 1. The van der Waals surface area contributed by atoms with E-state index in [0.717, 1.165) is 35.8 Å². The molecular weight excluding hydrogens is 300 g/mol. The van der Waals surface area contributed by atoms with Gasteiger partial charge in [-0.1, -0.05) is 12.1 Å². The van der Waals surface area contributed by atoms with Gasteiger partial charge in [-0.3, -0.25) is 0 Å². The SMILES string of the molecule is CCNc1ncc(C)c(/C(C#N)=C2\Nc3ccccc3N2CC)n1. The highest BCUT2D eigenvalue weighted by atomic mass is 15.3. The van der Waals surface area contributed by atoms with Gasteiger partial charge in [0.1, 0.15) is 17.5 Å². The maximum absolute atomic E-state index is 9.82. The molecule has 6 heteroatoms. The number of hydrogen-bond donors (Lipinski definition) is 2. The first-order valence-corrected chi connectivity index (χ1v) is 8.05. The van der Waals surface area contributed by atoms with Crippen molar-refractivity contribution >= 4 is 22.9 Å². The van der Waals surface area contributed by atoms with Crippen LogP contribution in [0.5, 0.6) is 0 Å². The highest BCUT2D eigenvalue weighted by molar-refractivity contribution is 5.91. The van der Waals surface area contributed by atoms with E-state index in [1.807, 2.05) is 38.1 Å². The molecule has 1 aromatic heterocycles. The number of nitriles is 1. The summed E-state index contributed by atoms with van der Waals surface area (Å²) in [6.45, 7) is 7.46. The summed E-state index contributed by atoms with van der Waals surface area (Å²) in [5, 5.41) is 16.3. The number of fused-ring (bicyclic) bond motifs is 1. The van der Waals surface area contributed by atoms with Crippen LogP contribution in [0.4, 0.5) is 17.3 Å². The lowest BCUT2D eigenvalue weighted by atomic mass is 10.1. The molecule has 24 heavy (non-hydrogen) atoms. The molecule has 122 valence electrons. The molecule has 1 aliphatic heterocycles. The average molecular weight is 320 g/mol. The van der Waals surface area contributed by atoms with E-state index in [1.165, 1.54) is 0 Å². The second kappa shape index (κ2) is 6.59. The lowest BCUT2D eigenvalue weighted by Gasteiger charge is -2.19. The molecule has 0 bridgehead atoms. The van der Waals surface area contributed by atoms with Crippen molar-refractivity contribution in [1.82, 2.24) is 9.97 Å². The number of hydrogen-bond acceptors (Lipinski definition) is 6. The molecule has 2 heterocycles. The molecule has 0 saturated heterocycles. The second-order valence-corrected chi connectivity index (χ2v) is 5.48. The Morgan fingerprint density at radius 1 is 1.33 bits per heavy atom. The average Bonchev–Trinajstić information content (AvgIpc) is 2.96. The van der Waals surface area contributed by atoms with Crippen molar-refractivity contribution in [3.05, 3.63) is 47.5 Å². The van der Waals surface area contributed by atoms with Crippen LogP contribution in [-0.4, -0.2) is 23.1 Å². The monoisotopic (exact) mass is 320 g/mol. The molecule has 0 spiro atoms. The number of nitrogens with one attached hydrogen (secondary N) is 2. The fourth-order valence-corrected chi connectivity index (χ4v) is 2.81. The first kappa shape index (κ1) is 15.8. The van der Waals surface area contributed by atoms with Gasteiger partial charge in [-0.05, 0) is 38.5 Å². The summed E-state index contributed by atoms with van der Waals surface area (Å²) in [5.74, 6) is 1.30. The zero-order chi connectivity index (χ0) is 17.1. The van der Waals surface area contributed by atoms with Crippen LogP contribution in [0.25, 0.3) is 5.57 Å². The summed E-state index contributed by atoms with van der Waals surface area (Å²) >= 11 is 0. The van der Waals surface area contributed by atoms with Crippen molar-refractivity contribution in [3.8, 4) is 6.07 Å². The first-order chi connectivity index (χ1) is 11.7. The predicted molar refractivity (Wildman–Crippen MR) is 96.6 cm³/mol. The number of para-hydroxylation sites is 2. The van der Waals surface area contributed by atoms with Crippen LogP contribution in [-0.2, 0) is 0 Å². The van der Waals surface area contributed by atoms with Gasteiger partial charge < -0.3 is 15.5 Å². The zero-order valence-corrected chi connectivity index (χ0v) is 14.1. The number of benzene rings is 1. The van der Waals surface area contributed by atoms with E-state index in [0.29, 0.717) is 17.2 Å². The van der Waals surface area contributed by atoms with Crippen molar-refractivity contribution in [1.29, 1.82) is 5.26 Å². The molecule has 0 fully saturated rings. The number of nitrogens with zero attached hydrogens (tertiary/aromatic N) is 4. The smallest absolute Gasteiger partial charge is 0.223 e. The molecule has 6 nitrogen and oxygen atoms in total. The minimum Gasteiger partial charge on any atom is -0.354 e. The summed E-state index contributed by atoms with van der Waals surface area (Å²) in [5.41, 5.74) is 4.11. The fourth-order valence-electron chi connectivity index (χ4n) is 2.81. The van der Waals surface area contributed by atoms with Crippen LogP contribution in [0.15, 0.2) is 36.3 Å². The van der Waals surface area contributed by atoms with Crippen molar-refractivity contribution in [2.75, 3.05) is 28.6 Å². The molecule has 0 saturated carbocycles. The molecule has 1 aromatic carbocycles. The molecule has 0 atom stereocenters. The van der Waals surface area contributed by atoms with Crippen LogP contribution < -0.4 is 15.5 Å². The lowest BCUT2D eigenvalue weighted by molar-refractivity contribution is 0.987. The van der Waals surface area contributed by atoms with Crippen molar-refractivity contribution < 1.29 is 0 Å². The molecule has 0 aliphatic carbocycles. The van der Waals surface area contributed by atoms with Crippen molar-refractivity contribution in [2.24, 2.45) is 0 Å². The number of aryl methyl sites for hydroxylation is 1. The minimum absolute atomic E-state index is 0.520. The lowest BCUT2D eigenvalue weighted by Crippen LogP contribution is -2.22. The van der Waals surface area contributed by atoms with Gasteiger partial charge in [0.15, 0.2) is 0 Å². The normalized spacial score (nSPS) is 14.7. The van der Waals surface area contributed by atoms with E-state index in [9.17, 15) is 5.26 Å². The van der Waals surface area contributed by atoms with Gasteiger partial charge in [0, 0.05) is 19.3 Å². The molecule has 0 amide bonds. The van der Waals surface area contributed by atoms with Gasteiger partial charge in [-0.2, -0.15) is 5.26 Å². The summed E-state index contributed by atoms with van der Waals surface area (Å²) in [6, 6.07) is 10.4. The fraction of sp³-hybridized carbons (Fsp3) is 0.278. The van der Waals surface area contributed by atoms with Gasteiger partial charge in [0.2, 0.25) is 5.95 Å². The third kappa shape index (κ3) is 2.65. The van der Waals surface area contributed by atoms with Gasteiger partial charge in [-0.25, -0.2) is 9.97 Å². The number of aromatic nitrogens is 2. The van der Waals surface area contributed by atoms with Crippen molar-refractivity contribution in [2.45, 2.75) is 20.8 Å². The van der Waals surface area contributed by atoms with Crippen LogP contribution in [0.3, 0.4) is 0 Å². The highest BCUT2D eigenvalue weighted by Crippen LogP contribution is 2.38. The van der Waals surface area contributed by atoms with E-state index >= 15 is 0 Å². The molecule has 0 radical (unpaired) electrons. The summed E-state index contributed by atoms with van der Waals surface area (Å²) in [4.78, 5) is 10.9. The summed E-state index contributed by atoms with van der Waals surface area (Å²) < 4.78 is 0. The summed E-state index contributed by atoms with van der Waals surface area (Å²) in [7, 11) is 0. The Labute approximate surface area is 141 Å². The van der Waals surface area contributed by atoms with Crippen LogP contribution in [0.2, 0.25) is 0 Å². The van der Waals surface area contributed by atoms with E-state index in [1.54, 1.807) is 6.20 Å². The molecule has 2 aromatic rings. The van der Waals surface area contributed by atoms with Crippen LogP contribution in [0, 0.1) is 18.3 Å². The van der Waals surface area contributed by atoms with E-state index in [2.05, 4.69) is 38.5 Å². The third-order valence-corrected chi connectivity index (χ3v) is 3.93. The van der Waals surface area contributed by atoms with Gasteiger partial charge >= 0.3 is 0 Å². The first-order valence-electron chi connectivity index (χ1n) is 8.05. The van der Waals surface area contributed by atoms with E-state index < -0.39 is 0 Å². The van der Waals surface area contributed by atoms with Gasteiger partial charge in [0.25, 0.3) is 0 Å². The third-order valence-electron chi connectivity index (χ3n) is 3.93. The molecule has 1 aliphatic rings. The molecule has 3 rings (SSSR count). The summed E-state index contributed by atoms with van der Waals surface area (Å²) in [6.07, 6.45) is 1.75. The van der Waals surface area contributed by atoms with E-state index in [-0.39, 0.29) is 0 Å². The maximum Gasteiger partial charge on any atom is 0.223 e. The van der Waals surface area contributed by atoms with Gasteiger partial charge in [0.05, 0.1) is 17.1 Å². The Hall–Kier alpha value is -3.07. The molecular formula is C18H20N6. The van der Waals surface area contributed by atoms with Gasteiger partial charge in [-0.15, -0.1) is 0 Å². The Morgan fingerprint density at radius 2 is 2.12 bits per heavy atom. The second-order valence-electron chi connectivity index (χ2n) is 5.48. The highest BCUT2D eigenvalue weighted by Gasteiger charge is 2.27. The topological polar surface area (TPSA) is 76.9 Å². The van der Waals surface area contributed by atoms with E-state index in [4.69, 9.17) is 0 Å². The quantitative estimate of drug-likeness (QED) is 0.841. The Morgan fingerprint density at radius 3 is 2.83 bits per heavy atom. The standard InChI is InChI=1S/C18H20N6/c1-4-20-18-21-11-12(3)16(23-18)13(10-19)17-22-14-8-6-7-9-15(14)24(17)5-2/h6-9,11,22H,4-5H2,1-3H3,(H,20,21,23)/b17-13+. The van der Waals surface area contributed by atoms with Crippen molar-refractivity contribution in [3.63, 3.8) is 0 Å². The Bertz CT molecular complexity index is 834.